The van der Waals surface area contributed by atoms with Crippen molar-refractivity contribution in [2.24, 2.45) is 5.73 Å². The Morgan fingerprint density at radius 1 is 1.32 bits per heavy atom. The van der Waals surface area contributed by atoms with Crippen molar-refractivity contribution in [1.82, 2.24) is 15.0 Å². The summed E-state index contributed by atoms with van der Waals surface area (Å²) in [5, 5.41) is 11.7. The number of hydrogen-bond donors (Lipinski definition) is 2. The number of nitriles is 1. The highest BCUT2D eigenvalue weighted by molar-refractivity contribution is 5.57. The lowest BCUT2D eigenvalue weighted by Crippen LogP contribution is -2.15. The molecule has 1 aromatic heterocycles. The van der Waals surface area contributed by atoms with Crippen LogP contribution in [0.5, 0.6) is 5.75 Å². The van der Waals surface area contributed by atoms with Crippen molar-refractivity contribution in [1.29, 1.82) is 5.26 Å². The lowest BCUT2D eigenvalue weighted by Gasteiger charge is -2.11. The van der Waals surface area contributed by atoms with Crippen LogP contribution in [0, 0.1) is 25.4 Å². The Hall–Kier alpha value is -2.72. The van der Waals surface area contributed by atoms with E-state index in [2.05, 4.69) is 20.3 Å². The van der Waals surface area contributed by atoms with E-state index in [1.165, 1.54) is 0 Å². The van der Waals surface area contributed by atoms with Crippen LogP contribution < -0.4 is 15.8 Å². The van der Waals surface area contributed by atoms with Crippen LogP contribution in [0.15, 0.2) is 18.2 Å². The van der Waals surface area contributed by atoms with Gasteiger partial charge in [0.1, 0.15) is 11.6 Å². The highest BCUT2D eigenvalue weighted by atomic mass is 16.5. The first-order valence-electron chi connectivity index (χ1n) is 6.95. The van der Waals surface area contributed by atoms with Crippen molar-refractivity contribution in [2.45, 2.75) is 33.2 Å². The molecule has 3 N–H and O–H groups in total. The molecule has 0 radical (unpaired) electrons. The topological polar surface area (TPSA) is 110 Å². The molecule has 0 spiro atoms. The fourth-order valence-corrected chi connectivity index (χ4v) is 1.93. The SMILES string of the molecule is CC[C@@H](N)c1nc(C)nc(Nc2ccc(OC#N)c(C)c2)n1. The first-order chi connectivity index (χ1) is 10.5. The van der Waals surface area contributed by atoms with E-state index in [1.807, 2.05) is 19.9 Å². The Bertz CT molecular complexity index is 710. The van der Waals surface area contributed by atoms with Gasteiger partial charge < -0.3 is 15.8 Å². The minimum absolute atomic E-state index is 0.213. The molecule has 0 saturated heterocycles. The van der Waals surface area contributed by atoms with Gasteiger partial charge in [0, 0.05) is 5.69 Å². The van der Waals surface area contributed by atoms with Crippen molar-refractivity contribution in [3.63, 3.8) is 0 Å². The molecule has 0 aliphatic heterocycles. The third-order valence-electron chi connectivity index (χ3n) is 3.12. The molecule has 2 rings (SSSR count). The lowest BCUT2D eigenvalue weighted by molar-refractivity contribution is 0.503. The average Bonchev–Trinajstić information content (AvgIpc) is 2.48. The van der Waals surface area contributed by atoms with Gasteiger partial charge in [0.2, 0.25) is 5.95 Å². The van der Waals surface area contributed by atoms with Gasteiger partial charge in [0.15, 0.2) is 5.82 Å². The summed E-state index contributed by atoms with van der Waals surface area (Å²) < 4.78 is 4.85. The standard InChI is InChI=1S/C15H18N6O/c1-4-12(17)14-18-10(3)19-15(21-14)20-11-5-6-13(22-8-16)9(2)7-11/h5-7,12H,4,17H2,1-3H3,(H,18,19,20,21)/t12-/m1/s1. The summed E-state index contributed by atoms with van der Waals surface area (Å²) in [6, 6.07) is 5.15. The predicted octanol–water partition coefficient (Wildman–Crippen LogP) is 2.50. The summed E-state index contributed by atoms with van der Waals surface area (Å²) in [4.78, 5) is 12.9. The molecule has 0 aliphatic rings. The Morgan fingerprint density at radius 2 is 2.09 bits per heavy atom. The molecule has 0 unspecified atom stereocenters. The van der Waals surface area contributed by atoms with E-state index in [0.29, 0.717) is 23.3 Å². The van der Waals surface area contributed by atoms with E-state index in [-0.39, 0.29) is 6.04 Å². The van der Waals surface area contributed by atoms with Crippen molar-refractivity contribution in [3.8, 4) is 12.0 Å². The van der Waals surface area contributed by atoms with Crippen LogP contribution in [0.2, 0.25) is 0 Å². The van der Waals surface area contributed by atoms with E-state index < -0.39 is 0 Å². The second kappa shape index (κ2) is 6.83. The maximum Gasteiger partial charge on any atom is 0.292 e. The van der Waals surface area contributed by atoms with E-state index in [4.69, 9.17) is 15.7 Å². The van der Waals surface area contributed by atoms with Gasteiger partial charge in [0.25, 0.3) is 6.26 Å². The Balaban J connectivity index is 2.25. The first-order valence-corrected chi connectivity index (χ1v) is 6.95. The maximum absolute atomic E-state index is 8.56. The molecule has 0 aliphatic carbocycles. The van der Waals surface area contributed by atoms with Crippen LogP contribution in [0.1, 0.15) is 36.6 Å². The molecule has 0 saturated carbocycles. The van der Waals surface area contributed by atoms with E-state index in [0.717, 1.165) is 17.7 Å². The zero-order chi connectivity index (χ0) is 16.1. The highest BCUT2D eigenvalue weighted by Crippen LogP contribution is 2.23. The van der Waals surface area contributed by atoms with Gasteiger partial charge in [-0.05, 0) is 44.0 Å². The number of ether oxygens (including phenoxy) is 1. The molecule has 2 aromatic rings. The summed E-state index contributed by atoms with van der Waals surface area (Å²) >= 11 is 0. The fraction of sp³-hybridized carbons (Fsp3) is 0.333. The summed E-state index contributed by atoms with van der Waals surface area (Å²) in [5.41, 5.74) is 7.61. The summed E-state index contributed by atoms with van der Waals surface area (Å²) in [6.07, 6.45) is 2.41. The number of nitrogens with zero attached hydrogens (tertiary/aromatic N) is 4. The zero-order valence-corrected chi connectivity index (χ0v) is 12.8. The minimum Gasteiger partial charge on any atom is -0.388 e. The lowest BCUT2D eigenvalue weighted by atomic mass is 10.2. The average molecular weight is 298 g/mol. The van der Waals surface area contributed by atoms with Gasteiger partial charge in [0.05, 0.1) is 6.04 Å². The van der Waals surface area contributed by atoms with Gasteiger partial charge in [-0.1, -0.05) is 6.92 Å². The zero-order valence-electron chi connectivity index (χ0n) is 12.8. The number of aryl methyl sites for hydroxylation is 2. The molecule has 1 atom stereocenters. The van der Waals surface area contributed by atoms with Crippen LogP contribution in [0.4, 0.5) is 11.6 Å². The molecule has 7 heteroatoms. The molecule has 7 nitrogen and oxygen atoms in total. The summed E-state index contributed by atoms with van der Waals surface area (Å²) in [5.74, 6) is 2.14. The monoisotopic (exact) mass is 298 g/mol. The quantitative estimate of drug-likeness (QED) is 0.816. The van der Waals surface area contributed by atoms with Crippen LogP contribution in [0.3, 0.4) is 0 Å². The third kappa shape index (κ3) is 3.68. The minimum atomic E-state index is -0.213. The molecule has 0 fully saturated rings. The normalized spacial score (nSPS) is 11.6. The smallest absolute Gasteiger partial charge is 0.292 e. The number of hydrogen-bond acceptors (Lipinski definition) is 7. The molecule has 1 heterocycles. The molecule has 0 amide bonds. The van der Waals surface area contributed by atoms with E-state index in [9.17, 15) is 0 Å². The van der Waals surface area contributed by atoms with Gasteiger partial charge in [-0.2, -0.15) is 9.97 Å². The van der Waals surface area contributed by atoms with Crippen LogP contribution >= 0.6 is 0 Å². The number of rotatable bonds is 5. The Labute approximate surface area is 129 Å². The summed E-state index contributed by atoms with van der Waals surface area (Å²) in [7, 11) is 0. The van der Waals surface area contributed by atoms with Crippen molar-refractivity contribution < 1.29 is 4.74 Å². The molecule has 114 valence electrons. The second-order valence-corrected chi connectivity index (χ2v) is 4.88. The maximum atomic E-state index is 8.56. The number of aromatic nitrogens is 3. The van der Waals surface area contributed by atoms with Crippen molar-refractivity contribution in [3.05, 3.63) is 35.4 Å². The molecule has 22 heavy (non-hydrogen) atoms. The van der Waals surface area contributed by atoms with Gasteiger partial charge in [-0.25, -0.2) is 4.98 Å². The van der Waals surface area contributed by atoms with Crippen LogP contribution in [-0.4, -0.2) is 15.0 Å². The summed E-state index contributed by atoms with van der Waals surface area (Å²) in [6.45, 7) is 5.64. The molecular weight excluding hydrogens is 280 g/mol. The van der Waals surface area contributed by atoms with Gasteiger partial charge >= 0.3 is 0 Å². The fourth-order valence-electron chi connectivity index (χ4n) is 1.93. The molecule has 1 aromatic carbocycles. The number of anilines is 2. The molecule has 0 bridgehead atoms. The van der Waals surface area contributed by atoms with Gasteiger partial charge in [-0.3, -0.25) is 0 Å². The Morgan fingerprint density at radius 3 is 2.73 bits per heavy atom. The predicted molar refractivity (Wildman–Crippen MR) is 82.5 cm³/mol. The third-order valence-corrected chi connectivity index (χ3v) is 3.12. The van der Waals surface area contributed by atoms with E-state index >= 15 is 0 Å². The number of nitrogens with two attached hydrogens (primary N) is 1. The van der Waals surface area contributed by atoms with Crippen molar-refractivity contribution >= 4 is 11.6 Å². The van der Waals surface area contributed by atoms with Crippen molar-refractivity contribution in [2.75, 3.05) is 5.32 Å². The highest BCUT2D eigenvalue weighted by Gasteiger charge is 2.11. The first kappa shape index (κ1) is 15.7. The molecular formula is C15H18N6O. The van der Waals surface area contributed by atoms with Crippen LogP contribution in [0.25, 0.3) is 0 Å². The van der Waals surface area contributed by atoms with E-state index in [1.54, 1.807) is 25.3 Å². The Kier molecular flexibility index (Phi) is 4.86. The van der Waals surface area contributed by atoms with Crippen LogP contribution in [-0.2, 0) is 0 Å². The largest absolute Gasteiger partial charge is 0.388 e. The number of benzene rings is 1. The second-order valence-electron chi connectivity index (χ2n) is 4.88. The van der Waals surface area contributed by atoms with Gasteiger partial charge in [-0.15, -0.1) is 5.26 Å². The number of nitrogens with one attached hydrogen (secondary N) is 1.